The van der Waals surface area contributed by atoms with Gasteiger partial charge in [0.1, 0.15) is 5.82 Å². The van der Waals surface area contributed by atoms with E-state index in [1.807, 2.05) is 195 Å². The van der Waals surface area contributed by atoms with Crippen molar-refractivity contribution in [3.05, 3.63) is 233 Å². The molecular formula is C59H74N16W10. The van der Waals surface area contributed by atoms with Gasteiger partial charge in [0.15, 0.2) is 5.65 Å². The van der Waals surface area contributed by atoms with Crippen LogP contribution in [0.15, 0.2) is 153 Å². The molecule has 11 aromatic rings. The zero-order valence-corrected chi connectivity index (χ0v) is 79.3. The van der Waals surface area contributed by atoms with Crippen LogP contribution in [0, 0.1) is 72.4 Å². The predicted octanol–water partition coefficient (Wildman–Crippen LogP) is 12.8. The molecule has 0 aliphatic carbocycles. The summed E-state index contributed by atoms with van der Waals surface area (Å²) in [5.41, 5.74) is 4.12. The third-order valence-corrected chi connectivity index (χ3v) is 7.88. The minimum atomic E-state index is 0. The topological polar surface area (TPSA) is 159 Å². The average molecular weight is 2850 g/mol. The third kappa shape index (κ3) is 50.2. The summed E-state index contributed by atoms with van der Waals surface area (Å²) in [6.07, 6.45) is 29.9. The Kier molecular flexibility index (Phi) is 101. The molecule has 0 spiro atoms. The van der Waals surface area contributed by atoms with Crippen molar-refractivity contribution in [1.29, 1.82) is 0 Å². The van der Waals surface area contributed by atoms with Crippen LogP contribution in [0.4, 0.5) is 0 Å². The van der Waals surface area contributed by atoms with Crippen molar-refractivity contribution in [1.82, 2.24) is 77.9 Å². The number of hydrogen-bond acceptors (Lipinski definition) is 8. The van der Waals surface area contributed by atoms with Crippen molar-refractivity contribution in [2.45, 2.75) is 90.0 Å². The third-order valence-electron chi connectivity index (χ3n) is 7.88. The van der Waals surface area contributed by atoms with Gasteiger partial charge in [-0.15, -0.1) is 40.4 Å². The number of nitrogens with zero attached hydrogens (tertiary/aromatic N) is 16. The summed E-state index contributed by atoms with van der Waals surface area (Å²) in [5.74, 6) is 2.81. The van der Waals surface area contributed by atoms with Crippen LogP contribution in [0.1, 0.15) is 98.2 Å². The van der Waals surface area contributed by atoms with Gasteiger partial charge in [0, 0.05) is 154 Å². The molecule has 0 atom stereocenters. The quantitative estimate of drug-likeness (QED) is 0.152. The van der Waals surface area contributed by atoms with Crippen molar-refractivity contribution in [2.24, 2.45) is 0 Å². The van der Waals surface area contributed by atoms with Crippen LogP contribution in [0.3, 0.4) is 0 Å². The molecule has 450 valence electrons. The van der Waals surface area contributed by atoms with E-state index in [9.17, 15) is 0 Å². The first-order valence-electron chi connectivity index (χ1n) is 24.4. The van der Waals surface area contributed by atoms with Crippen molar-refractivity contribution >= 4 is 47.4 Å². The van der Waals surface area contributed by atoms with Gasteiger partial charge in [-0.2, -0.15) is 23.4 Å². The normalized spacial score (nSPS) is 7.59. The van der Waals surface area contributed by atoms with Gasteiger partial charge in [-0.1, -0.05) is 107 Å². The Bertz CT molecular complexity index is 2800. The van der Waals surface area contributed by atoms with E-state index >= 15 is 0 Å². The van der Waals surface area contributed by atoms with Crippen LogP contribution in [-0.2, 0) is 211 Å². The van der Waals surface area contributed by atoms with E-state index in [0.29, 0.717) is 11.6 Å². The number of hydrogen-bond donors (Lipinski definition) is 0. The summed E-state index contributed by atoms with van der Waals surface area (Å²) in [5, 5.41) is 29.9. The predicted molar refractivity (Wildman–Crippen MR) is 308 cm³/mol. The second-order valence-corrected chi connectivity index (χ2v) is 12.3. The SMILES string of the molecule is CC.CC.CC.CC.CC.Cc1nnc2ccccn12.[CH-]=Cc1ccc[n-]1.[CH-]=Cc1nnc(C)[n-]1.[CH-]=Cn1[c-]ccc1.[CH-]=Cn1[c-]ccn1.[CH-]=Cn1[c-]nnc1C.[W+2].[W+2].[W+2].[W+2].[W+2].[W].[W].[W].[W].[W].c1ccn2cccc2c1.c1cnn2cccc2c1. The Balaban J connectivity index is -0.0000000691. The van der Waals surface area contributed by atoms with E-state index in [4.69, 9.17) is 32.9 Å². The summed E-state index contributed by atoms with van der Waals surface area (Å²) in [4.78, 5) is 7.68. The molecule has 0 saturated carbocycles. The smallest absolute Gasteiger partial charge is 0.749 e. The fourth-order valence-corrected chi connectivity index (χ4v) is 4.77. The van der Waals surface area contributed by atoms with Crippen LogP contribution in [0.25, 0.3) is 47.4 Å². The molecule has 11 aromatic heterocycles. The maximum Gasteiger partial charge on any atom is 2.00 e. The van der Waals surface area contributed by atoms with Gasteiger partial charge >= 0.3 is 105 Å². The fourth-order valence-electron chi connectivity index (χ4n) is 4.77. The molecule has 0 amide bonds. The molecule has 85 heavy (non-hydrogen) atoms. The monoisotopic (exact) mass is 2850 g/mol. The zero-order chi connectivity index (χ0) is 56.5. The summed E-state index contributed by atoms with van der Waals surface area (Å²) >= 11 is 0. The fraction of sp³-hybridized carbons (Fsp3) is 0.220. The molecule has 16 nitrogen and oxygen atoms in total. The van der Waals surface area contributed by atoms with E-state index in [-0.39, 0.29) is 211 Å². The Labute approximate surface area is 650 Å². The molecule has 11 rings (SSSR count). The second kappa shape index (κ2) is 77.8. The minimum Gasteiger partial charge on any atom is -0.749 e. The maximum absolute atomic E-state index is 5.12. The second-order valence-electron chi connectivity index (χ2n) is 12.3. The first-order valence-corrected chi connectivity index (χ1v) is 24.4. The van der Waals surface area contributed by atoms with Gasteiger partial charge < -0.3 is 63.8 Å². The van der Waals surface area contributed by atoms with E-state index in [1.54, 1.807) is 49.1 Å². The number of aromatic nitrogens is 16. The minimum absolute atomic E-state index is 0. The largest absolute Gasteiger partial charge is 2.00 e. The first-order chi connectivity index (χ1) is 36.8. The van der Waals surface area contributed by atoms with Gasteiger partial charge in [0.05, 0.1) is 5.52 Å². The number of rotatable bonds is 5. The van der Waals surface area contributed by atoms with Crippen LogP contribution >= 0.6 is 0 Å². The van der Waals surface area contributed by atoms with Gasteiger partial charge in [0.2, 0.25) is 0 Å². The van der Waals surface area contributed by atoms with Gasteiger partial charge in [-0.05, 0) is 80.3 Å². The number of aryl methyl sites for hydroxylation is 3. The number of fused-ring (bicyclic) bond motifs is 3. The molecule has 26 heteroatoms. The average Bonchev–Trinajstić information content (AvgIpc) is 4.35. The molecule has 0 aliphatic heterocycles. The van der Waals surface area contributed by atoms with Gasteiger partial charge in [-0.3, -0.25) is 47.3 Å². The summed E-state index contributed by atoms with van der Waals surface area (Å²) in [6.45, 7) is 50.9. The van der Waals surface area contributed by atoms with Crippen LogP contribution in [-0.4, -0.2) is 67.9 Å². The van der Waals surface area contributed by atoms with E-state index in [0.717, 1.165) is 28.5 Å². The van der Waals surface area contributed by atoms with E-state index < -0.39 is 0 Å². The maximum atomic E-state index is 5.12. The molecule has 0 bridgehead atoms. The molecule has 0 radical (unpaired) electrons. The molecule has 0 N–H and O–H groups in total. The Morgan fingerprint density at radius 1 is 0.482 bits per heavy atom. The van der Waals surface area contributed by atoms with Crippen LogP contribution in [0.5, 0.6) is 0 Å². The molecule has 0 fully saturated rings. The summed E-state index contributed by atoms with van der Waals surface area (Å²) in [6, 6.07) is 33.1. The molecule has 0 saturated heterocycles. The Morgan fingerprint density at radius 2 is 1.07 bits per heavy atom. The molecule has 0 aliphatic rings. The van der Waals surface area contributed by atoms with Crippen molar-refractivity contribution < 1.29 is 211 Å². The van der Waals surface area contributed by atoms with Crippen molar-refractivity contribution in [3.63, 3.8) is 0 Å². The molecule has 0 aromatic carbocycles. The van der Waals surface area contributed by atoms with E-state index in [1.165, 1.54) is 45.5 Å². The summed E-state index contributed by atoms with van der Waals surface area (Å²) < 4.78 is 10.4. The molecular weight excluding hydrogens is 2770 g/mol. The van der Waals surface area contributed by atoms with Gasteiger partial charge in [-0.25, -0.2) is 20.8 Å². The van der Waals surface area contributed by atoms with Crippen molar-refractivity contribution in [2.75, 3.05) is 0 Å². The van der Waals surface area contributed by atoms with E-state index in [2.05, 4.69) is 86.0 Å². The van der Waals surface area contributed by atoms with Gasteiger partial charge in [0.25, 0.3) is 0 Å². The Morgan fingerprint density at radius 3 is 1.47 bits per heavy atom. The summed E-state index contributed by atoms with van der Waals surface area (Å²) in [7, 11) is 0. The van der Waals surface area contributed by atoms with Crippen LogP contribution in [0.2, 0.25) is 0 Å². The number of pyridine rings is 2. The molecule has 11 heterocycles. The van der Waals surface area contributed by atoms with Crippen LogP contribution < -0.4 is 9.97 Å². The standard InChI is InChI=1S/C8H7N.C7H7N3.C7H6N2.2C6H5N.2C5H5N3.C5H4N2.5C2H6.10W/c1-2-6-9-7-3-5-8(9)4-1;1-6-8-9-7-4-2-3-5-10(6)7;1-3-7-4-2-6-9(7)8-5-1;1-2-7-5-3-4-6-7;1-2-6-4-3-5-7-6;1-3-8-4-6-7-5(8)2;1-3-5-6-4(2)7-8-5;1-2-7-5-3-4-6-7;5*1-2;;;;;;;;;;/h1-7H;2-5H,1H3;1-6H;2*1-5H;2*1,3H,2H3;1-4H;5*1-2H3;;;;;;;;;;/q;;;5*-2;;;;;;;;;;;5*+2. The zero-order valence-electron chi connectivity index (χ0n) is 49.9. The Hall–Kier alpha value is -2.30. The van der Waals surface area contributed by atoms with Crippen molar-refractivity contribution in [3.8, 4) is 0 Å². The molecule has 0 unspecified atom stereocenters. The first kappa shape index (κ1) is 110.